The van der Waals surface area contributed by atoms with Gasteiger partial charge in [-0.3, -0.25) is 0 Å². The van der Waals surface area contributed by atoms with Gasteiger partial charge in [-0.05, 0) is 57.1 Å². The number of ether oxygens (including phenoxy) is 1. The zero-order valence-electron chi connectivity index (χ0n) is 18.9. The number of fused-ring (bicyclic) bond motifs is 1. The van der Waals surface area contributed by atoms with E-state index in [1.54, 1.807) is 37.7 Å². The van der Waals surface area contributed by atoms with Crippen LogP contribution in [0.5, 0.6) is 0 Å². The fourth-order valence-corrected chi connectivity index (χ4v) is 3.89. The first-order valence-corrected chi connectivity index (χ1v) is 10.8. The van der Waals surface area contributed by atoms with Gasteiger partial charge < -0.3 is 15.8 Å². The van der Waals surface area contributed by atoms with Gasteiger partial charge in [0.2, 0.25) is 5.92 Å². The molecule has 0 aromatic carbocycles. The summed E-state index contributed by atoms with van der Waals surface area (Å²) in [6.07, 6.45) is 3.01. The molecule has 2 aromatic rings. The first-order valence-electron chi connectivity index (χ1n) is 10.8. The van der Waals surface area contributed by atoms with Gasteiger partial charge in [0.1, 0.15) is 5.60 Å². The smallest absolute Gasteiger partial charge is 0.408 e. The summed E-state index contributed by atoms with van der Waals surface area (Å²) in [6.45, 7) is 9.39. The van der Waals surface area contributed by atoms with E-state index in [0.717, 1.165) is 5.56 Å². The minimum atomic E-state index is -2.66. The van der Waals surface area contributed by atoms with E-state index in [1.165, 1.54) is 0 Å². The number of halogens is 2. The van der Waals surface area contributed by atoms with E-state index in [0.29, 0.717) is 11.3 Å². The van der Waals surface area contributed by atoms with Crippen LogP contribution in [0.1, 0.15) is 83.6 Å². The molecule has 3 N–H and O–H groups in total. The number of nitrogens with zero attached hydrogens (tertiary/aromatic N) is 3. The van der Waals surface area contributed by atoms with Crippen molar-refractivity contribution in [1.29, 1.82) is 0 Å². The van der Waals surface area contributed by atoms with Crippen molar-refractivity contribution in [3.63, 3.8) is 0 Å². The third-order valence-electron chi connectivity index (χ3n) is 5.69. The van der Waals surface area contributed by atoms with Gasteiger partial charge in [-0.1, -0.05) is 13.8 Å². The Kier molecular flexibility index (Phi) is 6.55. The lowest BCUT2D eigenvalue weighted by Crippen LogP contribution is -2.40. The lowest BCUT2D eigenvalue weighted by Gasteiger charge is -2.33. The second kappa shape index (κ2) is 8.68. The molecular weight excluding hydrogens is 404 g/mol. The summed E-state index contributed by atoms with van der Waals surface area (Å²) in [6, 6.07) is 1.16. The highest BCUT2D eigenvalue weighted by atomic mass is 19.3. The molecule has 0 unspecified atom stereocenters. The van der Waals surface area contributed by atoms with Crippen molar-refractivity contribution in [2.75, 3.05) is 0 Å². The summed E-state index contributed by atoms with van der Waals surface area (Å²) in [7, 11) is 0. The van der Waals surface area contributed by atoms with Crippen LogP contribution in [0.4, 0.5) is 13.6 Å². The average molecular weight is 438 g/mol. The minimum absolute atomic E-state index is 0.172. The maximum atomic E-state index is 13.7. The minimum Gasteiger partial charge on any atom is -0.444 e. The van der Waals surface area contributed by atoms with E-state index in [4.69, 9.17) is 10.5 Å². The van der Waals surface area contributed by atoms with Crippen LogP contribution < -0.4 is 11.1 Å². The molecule has 0 radical (unpaired) electrons. The Bertz CT molecular complexity index is 912. The van der Waals surface area contributed by atoms with Crippen LogP contribution in [0.2, 0.25) is 0 Å². The molecule has 2 heterocycles. The molecule has 1 amide bonds. The van der Waals surface area contributed by atoms with Crippen LogP contribution in [0, 0.1) is 11.8 Å². The number of amides is 1. The van der Waals surface area contributed by atoms with Crippen molar-refractivity contribution >= 4 is 11.7 Å². The molecule has 0 aliphatic heterocycles. The van der Waals surface area contributed by atoms with Gasteiger partial charge in [-0.15, -0.1) is 0 Å². The second-order valence-electron chi connectivity index (χ2n) is 9.84. The topological polar surface area (TPSA) is 94.5 Å². The average Bonchev–Trinajstić information content (AvgIpc) is 3.07. The van der Waals surface area contributed by atoms with Crippen molar-refractivity contribution < 1.29 is 18.3 Å². The third-order valence-corrected chi connectivity index (χ3v) is 5.69. The Balaban J connectivity index is 1.90. The first kappa shape index (κ1) is 23.4. The molecule has 2 atom stereocenters. The standard InChI is InChI=1S/C22H33F2N5O2/c1-13(2)18(25)15-10-17-27-16(12-29(17)26-11-15)19(28-20(30)31-21(3,4)5)14-6-8-22(23,24)9-7-14/h10-14,18-19H,6-9,25H2,1-5H3,(H,28,30)/t18-,19+/m1/s1. The van der Waals surface area contributed by atoms with Gasteiger partial charge in [0.05, 0.1) is 24.1 Å². The zero-order valence-corrected chi connectivity index (χ0v) is 18.9. The van der Waals surface area contributed by atoms with Crippen molar-refractivity contribution in [2.24, 2.45) is 17.6 Å². The summed E-state index contributed by atoms with van der Waals surface area (Å²) < 4.78 is 34.5. The highest BCUT2D eigenvalue weighted by Crippen LogP contribution is 2.41. The monoisotopic (exact) mass is 437 g/mol. The lowest BCUT2D eigenvalue weighted by atomic mass is 9.81. The predicted molar refractivity (Wildman–Crippen MR) is 114 cm³/mol. The van der Waals surface area contributed by atoms with E-state index < -0.39 is 23.7 Å². The summed E-state index contributed by atoms with van der Waals surface area (Å²) in [5.41, 5.74) is 7.61. The Morgan fingerprint density at radius 1 is 1.32 bits per heavy atom. The van der Waals surface area contributed by atoms with E-state index >= 15 is 0 Å². The Labute approximate surface area is 181 Å². The Morgan fingerprint density at radius 2 is 1.97 bits per heavy atom. The Hall–Kier alpha value is -2.29. The number of carbonyl (C=O) groups excluding carboxylic acids is 1. The van der Waals surface area contributed by atoms with Crippen molar-refractivity contribution in [2.45, 2.75) is 83.9 Å². The van der Waals surface area contributed by atoms with Gasteiger partial charge in [-0.2, -0.15) is 5.10 Å². The third kappa shape index (κ3) is 5.90. The summed E-state index contributed by atoms with van der Waals surface area (Å²) in [5.74, 6) is -2.59. The lowest BCUT2D eigenvalue weighted by molar-refractivity contribution is -0.0500. The quantitative estimate of drug-likeness (QED) is 0.702. The normalized spacial score (nSPS) is 19.4. The molecule has 0 bridgehead atoms. The molecule has 7 nitrogen and oxygen atoms in total. The second-order valence-corrected chi connectivity index (χ2v) is 9.84. The van der Waals surface area contributed by atoms with Crippen LogP contribution in [0.25, 0.3) is 5.65 Å². The van der Waals surface area contributed by atoms with E-state index in [1.807, 2.05) is 19.9 Å². The molecule has 1 aliphatic carbocycles. The molecule has 1 saturated carbocycles. The molecule has 9 heteroatoms. The fraction of sp³-hybridized carbons (Fsp3) is 0.682. The summed E-state index contributed by atoms with van der Waals surface area (Å²) in [5, 5.41) is 7.27. The summed E-state index contributed by atoms with van der Waals surface area (Å²) in [4.78, 5) is 17.2. The van der Waals surface area contributed by atoms with Crippen molar-refractivity contribution in [3.05, 3.63) is 29.7 Å². The highest BCUT2D eigenvalue weighted by molar-refractivity contribution is 5.68. The summed E-state index contributed by atoms with van der Waals surface area (Å²) >= 11 is 0. The number of alkyl carbamates (subject to hydrolysis) is 1. The molecule has 3 rings (SSSR count). The van der Waals surface area contributed by atoms with Gasteiger partial charge >= 0.3 is 6.09 Å². The first-order chi connectivity index (χ1) is 14.3. The number of aromatic nitrogens is 3. The molecule has 0 spiro atoms. The largest absolute Gasteiger partial charge is 0.444 e. The molecular formula is C22H33F2N5O2. The number of hydrogen-bond acceptors (Lipinski definition) is 5. The molecule has 1 fully saturated rings. The van der Waals surface area contributed by atoms with E-state index in [9.17, 15) is 13.6 Å². The maximum Gasteiger partial charge on any atom is 0.408 e. The number of nitrogens with two attached hydrogens (primary N) is 1. The molecule has 172 valence electrons. The molecule has 31 heavy (non-hydrogen) atoms. The zero-order chi connectivity index (χ0) is 23.0. The Morgan fingerprint density at radius 3 is 2.55 bits per heavy atom. The highest BCUT2D eigenvalue weighted by Gasteiger charge is 2.39. The maximum absolute atomic E-state index is 13.7. The molecule has 0 saturated heterocycles. The van der Waals surface area contributed by atoms with Crippen molar-refractivity contribution in [3.8, 4) is 0 Å². The number of carbonyl (C=O) groups is 1. The van der Waals surface area contributed by atoms with Gasteiger partial charge in [-0.25, -0.2) is 23.1 Å². The SMILES string of the molecule is CC(C)[C@@H](N)c1cnn2cc([C@@H](NC(=O)OC(C)(C)C)C3CCC(F)(F)CC3)nc2c1. The van der Waals surface area contributed by atoms with Crippen LogP contribution in [-0.4, -0.2) is 32.2 Å². The number of alkyl halides is 2. The van der Waals surface area contributed by atoms with E-state index in [-0.39, 0.29) is 43.6 Å². The van der Waals surface area contributed by atoms with Crippen LogP contribution >= 0.6 is 0 Å². The van der Waals surface area contributed by atoms with Crippen LogP contribution in [-0.2, 0) is 4.74 Å². The predicted octanol–water partition coefficient (Wildman–Crippen LogP) is 4.78. The molecule has 1 aliphatic rings. The van der Waals surface area contributed by atoms with Gasteiger partial charge in [0.25, 0.3) is 0 Å². The number of hydrogen-bond donors (Lipinski definition) is 2. The van der Waals surface area contributed by atoms with E-state index in [2.05, 4.69) is 15.4 Å². The van der Waals surface area contributed by atoms with Crippen molar-refractivity contribution in [1.82, 2.24) is 19.9 Å². The molecule has 2 aromatic heterocycles. The number of nitrogens with one attached hydrogen (secondary N) is 1. The fourth-order valence-electron chi connectivity index (χ4n) is 3.89. The van der Waals surface area contributed by atoms with Crippen LogP contribution in [0.3, 0.4) is 0 Å². The number of rotatable bonds is 5. The van der Waals surface area contributed by atoms with Crippen LogP contribution in [0.15, 0.2) is 18.5 Å². The van der Waals surface area contributed by atoms with Gasteiger partial charge in [0.15, 0.2) is 5.65 Å². The van der Waals surface area contributed by atoms with Gasteiger partial charge in [0, 0.05) is 18.9 Å². The number of imidazole rings is 1.